The number of hydrogen-bond donors (Lipinski definition) is 2. The number of benzene rings is 1. The van der Waals surface area contributed by atoms with E-state index in [1.165, 1.54) is 11.8 Å². The lowest BCUT2D eigenvalue weighted by atomic mass is 10.1. The predicted octanol–water partition coefficient (Wildman–Crippen LogP) is 3.36. The maximum atomic E-state index is 12.8. The van der Waals surface area contributed by atoms with Gasteiger partial charge in [-0.3, -0.25) is 9.59 Å². The maximum Gasteiger partial charge on any atom is 0.341 e. The molecule has 0 spiro atoms. The molecule has 192 valence electrons. The van der Waals surface area contributed by atoms with Crippen LogP contribution in [0.25, 0.3) is 11.4 Å². The first-order valence-corrected chi connectivity index (χ1v) is 12.7. The standard InChI is InChI=1S/C23H27N5O6S2/c1-6-28-20(13-8-9-14(32-4)15(10-13)33-5)26-27-23(28)35-11-16(29)25-21-17(22(31)34-7-2)12(3)18(36-21)19(24)30/h8-10H,6-7,11H2,1-5H3,(H2,24,30)(H,25,29). The molecule has 0 aliphatic heterocycles. The van der Waals surface area contributed by atoms with Crippen LogP contribution in [0.2, 0.25) is 0 Å². The van der Waals surface area contributed by atoms with E-state index in [0.717, 1.165) is 16.9 Å². The molecular weight excluding hydrogens is 506 g/mol. The van der Waals surface area contributed by atoms with Crippen LogP contribution in [0.15, 0.2) is 23.4 Å². The third-order valence-corrected chi connectivity index (χ3v) is 7.30. The molecule has 11 nitrogen and oxygen atoms in total. The minimum atomic E-state index is -0.684. The summed E-state index contributed by atoms with van der Waals surface area (Å²) in [5.74, 6) is 0.0689. The number of esters is 1. The van der Waals surface area contributed by atoms with E-state index in [-0.39, 0.29) is 33.7 Å². The van der Waals surface area contributed by atoms with E-state index in [4.69, 9.17) is 19.9 Å². The second kappa shape index (κ2) is 11.9. The van der Waals surface area contributed by atoms with E-state index < -0.39 is 11.9 Å². The minimum absolute atomic E-state index is 0.00478. The van der Waals surface area contributed by atoms with Crippen molar-refractivity contribution in [1.82, 2.24) is 14.8 Å². The number of nitrogens with one attached hydrogen (secondary N) is 1. The summed E-state index contributed by atoms with van der Waals surface area (Å²) in [4.78, 5) is 37.1. The number of anilines is 1. The van der Waals surface area contributed by atoms with Crippen molar-refractivity contribution in [2.45, 2.75) is 32.5 Å². The van der Waals surface area contributed by atoms with Crippen LogP contribution in [0, 0.1) is 6.92 Å². The Bertz CT molecular complexity index is 1290. The van der Waals surface area contributed by atoms with Gasteiger partial charge in [-0.1, -0.05) is 11.8 Å². The number of rotatable bonds is 11. The molecule has 3 rings (SSSR count). The molecule has 0 saturated carbocycles. The summed E-state index contributed by atoms with van der Waals surface area (Å²) < 4.78 is 17.6. The Morgan fingerprint density at radius 3 is 2.47 bits per heavy atom. The number of methoxy groups -OCH3 is 2. The van der Waals surface area contributed by atoms with Crippen LogP contribution in [-0.2, 0) is 16.1 Å². The maximum absolute atomic E-state index is 12.8. The lowest BCUT2D eigenvalue weighted by Gasteiger charge is -2.11. The number of carbonyl (C=O) groups is 3. The molecule has 2 aromatic heterocycles. The van der Waals surface area contributed by atoms with Crippen LogP contribution in [0.1, 0.15) is 39.4 Å². The van der Waals surface area contributed by atoms with E-state index in [1.807, 2.05) is 23.6 Å². The highest BCUT2D eigenvalue weighted by molar-refractivity contribution is 7.99. The molecule has 0 aliphatic rings. The SMILES string of the molecule is CCOC(=O)c1c(NC(=O)CSc2nnc(-c3ccc(OC)c(OC)c3)n2CC)sc(C(N)=O)c1C. The smallest absolute Gasteiger partial charge is 0.341 e. The normalized spacial score (nSPS) is 10.7. The molecule has 2 heterocycles. The van der Waals surface area contributed by atoms with Gasteiger partial charge in [0.1, 0.15) is 5.00 Å². The first-order chi connectivity index (χ1) is 17.2. The Balaban J connectivity index is 1.79. The van der Waals surface area contributed by atoms with Crippen LogP contribution < -0.4 is 20.5 Å². The number of amides is 2. The van der Waals surface area contributed by atoms with Crippen LogP contribution in [0.5, 0.6) is 11.5 Å². The number of hydrogen-bond acceptors (Lipinski definition) is 10. The number of nitrogens with zero attached hydrogens (tertiary/aromatic N) is 3. The molecule has 0 saturated heterocycles. The van der Waals surface area contributed by atoms with Gasteiger partial charge in [0.05, 0.1) is 37.0 Å². The number of ether oxygens (including phenoxy) is 3. The van der Waals surface area contributed by atoms with Crippen molar-refractivity contribution in [3.63, 3.8) is 0 Å². The molecule has 0 atom stereocenters. The lowest BCUT2D eigenvalue weighted by Crippen LogP contribution is -2.17. The number of aromatic nitrogens is 3. The van der Waals surface area contributed by atoms with Crippen molar-refractivity contribution in [2.75, 3.05) is 31.9 Å². The van der Waals surface area contributed by atoms with Crippen molar-refractivity contribution < 1.29 is 28.6 Å². The fourth-order valence-corrected chi connectivity index (χ4v) is 5.31. The summed E-state index contributed by atoms with van der Waals surface area (Å²) in [7, 11) is 3.12. The van der Waals surface area contributed by atoms with Crippen LogP contribution >= 0.6 is 23.1 Å². The fraction of sp³-hybridized carbons (Fsp3) is 0.348. The molecule has 3 aromatic rings. The molecule has 0 aliphatic carbocycles. The Kier molecular flexibility index (Phi) is 8.93. The monoisotopic (exact) mass is 533 g/mol. The van der Waals surface area contributed by atoms with Crippen LogP contribution in [0.4, 0.5) is 5.00 Å². The van der Waals surface area contributed by atoms with E-state index in [0.29, 0.717) is 34.6 Å². The highest BCUT2D eigenvalue weighted by Crippen LogP contribution is 2.35. The Morgan fingerprint density at radius 2 is 1.86 bits per heavy atom. The largest absolute Gasteiger partial charge is 0.493 e. The van der Waals surface area contributed by atoms with Gasteiger partial charge in [0.15, 0.2) is 22.5 Å². The zero-order chi connectivity index (χ0) is 26.4. The van der Waals surface area contributed by atoms with Crippen molar-refractivity contribution >= 4 is 45.9 Å². The van der Waals surface area contributed by atoms with Crippen molar-refractivity contribution in [2.24, 2.45) is 5.73 Å². The average Bonchev–Trinajstić information content (AvgIpc) is 3.42. The summed E-state index contributed by atoms with van der Waals surface area (Å²) in [6.45, 7) is 5.93. The zero-order valence-electron chi connectivity index (χ0n) is 20.5. The lowest BCUT2D eigenvalue weighted by molar-refractivity contribution is -0.113. The van der Waals surface area contributed by atoms with Gasteiger partial charge >= 0.3 is 5.97 Å². The zero-order valence-corrected chi connectivity index (χ0v) is 22.2. The van der Waals surface area contributed by atoms with Crippen molar-refractivity contribution in [3.05, 3.63) is 34.2 Å². The second-order valence-corrected chi connectivity index (χ2v) is 9.27. The number of nitrogens with two attached hydrogens (primary N) is 1. The topological polar surface area (TPSA) is 148 Å². The van der Waals surface area contributed by atoms with Crippen molar-refractivity contribution in [1.29, 1.82) is 0 Å². The summed E-state index contributed by atoms with van der Waals surface area (Å²) in [6, 6.07) is 5.45. The summed E-state index contributed by atoms with van der Waals surface area (Å²) in [5, 5.41) is 12.0. The highest BCUT2D eigenvalue weighted by atomic mass is 32.2. The quantitative estimate of drug-likeness (QED) is 0.280. The molecular formula is C23H27N5O6S2. The first-order valence-electron chi connectivity index (χ1n) is 10.9. The second-order valence-electron chi connectivity index (χ2n) is 7.30. The molecule has 13 heteroatoms. The summed E-state index contributed by atoms with van der Waals surface area (Å²) >= 11 is 2.13. The molecule has 36 heavy (non-hydrogen) atoms. The Labute approximate surface area is 216 Å². The van der Waals surface area contributed by atoms with Gasteiger partial charge in [0, 0.05) is 12.1 Å². The van der Waals surface area contributed by atoms with E-state index in [2.05, 4.69) is 15.5 Å². The van der Waals surface area contributed by atoms with E-state index in [1.54, 1.807) is 34.1 Å². The molecule has 0 bridgehead atoms. The molecule has 3 N–H and O–H groups in total. The van der Waals surface area contributed by atoms with E-state index in [9.17, 15) is 14.4 Å². The molecule has 0 unspecified atom stereocenters. The number of thioether (sulfide) groups is 1. The molecule has 0 radical (unpaired) electrons. The summed E-state index contributed by atoms with van der Waals surface area (Å²) in [6.07, 6.45) is 0. The van der Waals surface area contributed by atoms with Gasteiger partial charge in [-0.15, -0.1) is 21.5 Å². The number of carbonyl (C=O) groups excluding carboxylic acids is 3. The van der Waals surface area contributed by atoms with Crippen LogP contribution in [-0.4, -0.2) is 59.1 Å². The number of thiophene rings is 1. The Hall–Kier alpha value is -3.58. The molecule has 0 fully saturated rings. The van der Waals surface area contributed by atoms with Gasteiger partial charge in [0.25, 0.3) is 5.91 Å². The molecule has 1 aromatic carbocycles. The van der Waals surface area contributed by atoms with E-state index >= 15 is 0 Å². The third kappa shape index (κ3) is 5.62. The fourth-order valence-electron chi connectivity index (χ4n) is 3.45. The number of primary amides is 1. The van der Waals surface area contributed by atoms with Gasteiger partial charge in [-0.25, -0.2) is 4.79 Å². The van der Waals surface area contributed by atoms with Gasteiger partial charge in [0.2, 0.25) is 5.91 Å². The Morgan fingerprint density at radius 1 is 1.14 bits per heavy atom. The highest BCUT2D eigenvalue weighted by Gasteiger charge is 2.26. The summed E-state index contributed by atoms with van der Waals surface area (Å²) in [5.41, 5.74) is 6.71. The first kappa shape index (κ1) is 27.0. The molecule has 2 amide bonds. The minimum Gasteiger partial charge on any atom is -0.493 e. The van der Waals surface area contributed by atoms with Crippen LogP contribution in [0.3, 0.4) is 0 Å². The third-order valence-electron chi connectivity index (χ3n) is 5.11. The van der Waals surface area contributed by atoms with Gasteiger partial charge in [-0.2, -0.15) is 0 Å². The average molecular weight is 534 g/mol. The van der Waals surface area contributed by atoms with Gasteiger partial charge in [-0.05, 0) is 44.5 Å². The predicted molar refractivity (Wildman–Crippen MR) is 137 cm³/mol. The van der Waals surface area contributed by atoms with Gasteiger partial charge < -0.3 is 29.8 Å². The van der Waals surface area contributed by atoms with Crippen molar-refractivity contribution in [3.8, 4) is 22.9 Å².